The van der Waals surface area contributed by atoms with Crippen molar-refractivity contribution in [1.82, 2.24) is 0 Å². The Hall–Kier alpha value is -0.950. The van der Waals surface area contributed by atoms with Crippen LogP contribution in [0.2, 0.25) is 0 Å². The van der Waals surface area contributed by atoms with Gasteiger partial charge in [-0.25, -0.2) is 4.79 Å². The highest BCUT2D eigenvalue weighted by molar-refractivity contribution is 5.85. The number of cyclic esters (lactones) is 1. The van der Waals surface area contributed by atoms with Gasteiger partial charge in [-0.1, -0.05) is 6.92 Å². The van der Waals surface area contributed by atoms with Crippen LogP contribution in [0.5, 0.6) is 0 Å². The predicted molar refractivity (Wildman–Crippen MR) is 107 cm³/mol. The molecule has 2 bridgehead atoms. The highest BCUT2D eigenvalue weighted by Gasteiger charge is 2.79. The molecular formula is C24H34O6. The molecule has 166 valence electrons. The Morgan fingerprint density at radius 2 is 1.93 bits per heavy atom. The molecule has 0 aromatic carbocycles. The van der Waals surface area contributed by atoms with Crippen molar-refractivity contribution in [3.05, 3.63) is 11.6 Å². The molecule has 1 spiro atoms. The molecule has 5 fully saturated rings. The summed E-state index contributed by atoms with van der Waals surface area (Å²) in [5.74, 6) is 0.801. The van der Waals surface area contributed by atoms with Gasteiger partial charge in [-0.05, 0) is 74.2 Å². The van der Waals surface area contributed by atoms with Gasteiger partial charge < -0.3 is 24.4 Å². The zero-order chi connectivity index (χ0) is 20.9. The highest BCUT2D eigenvalue weighted by atomic mass is 16.7. The zero-order valence-electron chi connectivity index (χ0n) is 18.1. The lowest BCUT2D eigenvalue weighted by molar-refractivity contribution is -0.239. The average Bonchev–Trinajstić information content (AvgIpc) is 3.34. The van der Waals surface area contributed by atoms with Crippen molar-refractivity contribution in [3.63, 3.8) is 0 Å². The Balaban J connectivity index is 1.42. The first kappa shape index (κ1) is 19.7. The quantitative estimate of drug-likeness (QED) is 0.671. The minimum absolute atomic E-state index is 0.0732. The second-order valence-corrected chi connectivity index (χ2v) is 11.2. The number of aliphatic hydroxyl groups is 2. The molecule has 6 heteroatoms. The summed E-state index contributed by atoms with van der Waals surface area (Å²) in [5, 5.41) is 22.2. The van der Waals surface area contributed by atoms with E-state index in [4.69, 9.17) is 14.2 Å². The summed E-state index contributed by atoms with van der Waals surface area (Å²) in [6.45, 7) is 2.83. The zero-order valence-corrected chi connectivity index (χ0v) is 18.1. The lowest BCUT2D eigenvalue weighted by Gasteiger charge is -2.63. The molecule has 0 aromatic heterocycles. The van der Waals surface area contributed by atoms with Crippen molar-refractivity contribution in [1.29, 1.82) is 0 Å². The molecule has 1 saturated heterocycles. The van der Waals surface area contributed by atoms with Crippen LogP contribution >= 0.6 is 0 Å². The summed E-state index contributed by atoms with van der Waals surface area (Å²) in [6, 6.07) is 0. The maximum Gasteiger partial charge on any atom is 0.331 e. The minimum Gasteiger partial charge on any atom is -0.458 e. The van der Waals surface area contributed by atoms with Crippen LogP contribution in [-0.4, -0.2) is 53.5 Å². The van der Waals surface area contributed by atoms with Gasteiger partial charge in [-0.3, -0.25) is 0 Å². The summed E-state index contributed by atoms with van der Waals surface area (Å²) in [5.41, 5.74) is -0.394. The molecule has 6 nitrogen and oxygen atoms in total. The van der Waals surface area contributed by atoms with Gasteiger partial charge in [0, 0.05) is 25.5 Å². The number of esters is 1. The van der Waals surface area contributed by atoms with Crippen molar-refractivity contribution in [2.24, 2.45) is 28.6 Å². The van der Waals surface area contributed by atoms with Gasteiger partial charge in [0.05, 0.1) is 22.7 Å². The van der Waals surface area contributed by atoms with E-state index >= 15 is 0 Å². The summed E-state index contributed by atoms with van der Waals surface area (Å²) < 4.78 is 18.1. The van der Waals surface area contributed by atoms with Gasteiger partial charge in [0.25, 0.3) is 0 Å². The molecule has 0 amide bonds. The van der Waals surface area contributed by atoms with E-state index in [1.165, 1.54) is 0 Å². The normalized spacial score (nSPS) is 56.7. The van der Waals surface area contributed by atoms with Gasteiger partial charge in [-0.15, -0.1) is 0 Å². The largest absolute Gasteiger partial charge is 0.458 e. The molecule has 6 rings (SSSR count). The van der Waals surface area contributed by atoms with E-state index in [0.717, 1.165) is 44.1 Å². The van der Waals surface area contributed by atoms with Gasteiger partial charge in [0.15, 0.2) is 6.29 Å². The molecule has 0 radical (unpaired) electrons. The molecule has 2 heterocycles. The monoisotopic (exact) mass is 418 g/mol. The Morgan fingerprint density at radius 3 is 2.67 bits per heavy atom. The van der Waals surface area contributed by atoms with Crippen LogP contribution in [0, 0.1) is 28.6 Å². The number of methoxy groups -OCH3 is 1. The lowest BCUT2D eigenvalue weighted by atomic mass is 9.42. The number of carbonyl (C=O) groups excluding carboxylic acids is 1. The van der Waals surface area contributed by atoms with Crippen molar-refractivity contribution >= 4 is 5.97 Å². The SMILES string of the molecule is CO[C@@H]1O[C@@]23CC[C@]4(O)C[C@@H](O)CC[C@@]14[C@H]2CC[C@]1(C)[C@@H](C2=CC(=O)OC2)CC[C@H]13. The first-order valence-electron chi connectivity index (χ1n) is 11.8. The second kappa shape index (κ2) is 6.09. The fourth-order valence-corrected chi connectivity index (χ4v) is 9.41. The topological polar surface area (TPSA) is 85.2 Å². The molecule has 0 aromatic rings. The highest BCUT2D eigenvalue weighted by Crippen LogP contribution is 2.76. The van der Waals surface area contributed by atoms with E-state index in [1.807, 2.05) is 0 Å². The van der Waals surface area contributed by atoms with Crippen molar-refractivity contribution in [3.8, 4) is 0 Å². The molecule has 2 N–H and O–H groups in total. The number of carbonyl (C=O) groups is 1. The van der Waals surface area contributed by atoms with Crippen LogP contribution in [0.25, 0.3) is 0 Å². The van der Waals surface area contributed by atoms with Gasteiger partial charge in [-0.2, -0.15) is 0 Å². The fourth-order valence-electron chi connectivity index (χ4n) is 9.41. The van der Waals surface area contributed by atoms with Crippen LogP contribution in [0.15, 0.2) is 11.6 Å². The van der Waals surface area contributed by atoms with Gasteiger partial charge in [0.1, 0.15) is 6.61 Å². The average molecular weight is 419 g/mol. The Kier molecular flexibility index (Phi) is 4.00. The van der Waals surface area contributed by atoms with Crippen molar-refractivity contribution in [2.75, 3.05) is 13.7 Å². The number of hydrogen-bond donors (Lipinski definition) is 2. The van der Waals surface area contributed by atoms with Crippen LogP contribution in [-0.2, 0) is 19.0 Å². The van der Waals surface area contributed by atoms with E-state index in [1.54, 1.807) is 13.2 Å². The third kappa shape index (κ3) is 2.12. The number of ether oxygens (including phenoxy) is 3. The Labute approximate surface area is 177 Å². The van der Waals surface area contributed by atoms with Gasteiger partial charge in [0.2, 0.25) is 0 Å². The third-order valence-corrected chi connectivity index (χ3v) is 10.5. The van der Waals surface area contributed by atoms with Gasteiger partial charge >= 0.3 is 5.97 Å². The minimum atomic E-state index is -0.921. The molecule has 4 saturated carbocycles. The molecule has 2 aliphatic heterocycles. The Morgan fingerprint density at radius 1 is 1.10 bits per heavy atom. The van der Waals surface area contributed by atoms with E-state index < -0.39 is 23.4 Å². The van der Waals surface area contributed by atoms with E-state index in [9.17, 15) is 15.0 Å². The Bertz CT molecular complexity index is 810. The second-order valence-electron chi connectivity index (χ2n) is 11.2. The fraction of sp³-hybridized carbons (Fsp3) is 0.875. The molecule has 9 atom stereocenters. The molecule has 6 aliphatic rings. The summed E-state index contributed by atoms with van der Waals surface area (Å²) in [6.07, 6.45) is 8.47. The van der Waals surface area contributed by atoms with Crippen LogP contribution < -0.4 is 0 Å². The van der Waals surface area contributed by atoms with E-state index in [0.29, 0.717) is 37.7 Å². The maximum atomic E-state index is 11.9. The smallest absolute Gasteiger partial charge is 0.331 e. The van der Waals surface area contributed by atoms with E-state index in [-0.39, 0.29) is 22.9 Å². The molecule has 4 aliphatic carbocycles. The van der Waals surface area contributed by atoms with Crippen LogP contribution in [0.3, 0.4) is 0 Å². The first-order chi connectivity index (χ1) is 14.3. The summed E-state index contributed by atoms with van der Waals surface area (Å²) in [4.78, 5) is 11.7. The summed E-state index contributed by atoms with van der Waals surface area (Å²) in [7, 11) is 1.71. The number of fused-ring (bicyclic) bond motifs is 1. The van der Waals surface area contributed by atoms with Crippen molar-refractivity contribution in [2.45, 2.75) is 88.3 Å². The lowest BCUT2D eigenvalue weighted by Crippen LogP contribution is -2.67. The van der Waals surface area contributed by atoms with Crippen LogP contribution in [0.1, 0.15) is 64.7 Å². The number of rotatable bonds is 2. The number of hydrogen-bond acceptors (Lipinski definition) is 6. The standard InChI is InChI=1S/C24H34O6/c1-21-7-6-18-23-8-5-15(25)12-22(23,27)9-10-24(18,30-20(23)28-2)17(21)4-3-16(21)14-11-19(26)29-13-14/h11,15-18,20,25,27H,3-10,12-13H2,1-2H3/t15-,16+,17+,18+,20+,21+,22-,23+,24+/m0/s1. The first-order valence-corrected chi connectivity index (χ1v) is 11.8. The van der Waals surface area contributed by atoms with E-state index in [2.05, 4.69) is 6.92 Å². The molecular weight excluding hydrogens is 384 g/mol. The maximum absolute atomic E-state index is 11.9. The predicted octanol–water partition coefficient (Wildman–Crippen LogP) is 2.71. The van der Waals surface area contributed by atoms with Crippen molar-refractivity contribution < 1.29 is 29.2 Å². The number of aliphatic hydroxyl groups excluding tert-OH is 1. The third-order valence-electron chi connectivity index (χ3n) is 10.5. The summed E-state index contributed by atoms with van der Waals surface area (Å²) >= 11 is 0. The molecule has 30 heavy (non-hydrogen) atoms. The molecule has 0 unspecified atom stereocenters. The van der Waals surface area contributed by atoms with Crippen LogP contribution in [0.4, 0.5) is 0 Å².